The maximum absolute atomic E-state index is 4.65. The zero-order chi connectivity index (χ0) is 14.7. The van der Waals surface area contributed by atoms with Gasteiger partial charge in [-0.3, -0.25) is 0 Å². The van der Waals surface area contributed by atoms with E-state index in [9.17, 15) is 0 Å². The van der Waals surface area contributed by atoms with E-state index in [-0.39, 0.29) is 0 Å². The molecule has 0 fully saturated rings. The van der Waals surface area contributed by atoms with Gasteiger partial charge >= 0.3 is 0 Å². The largest absolute Gasteiger partial charge is 0.310 e. The average Bonchev–Trinajstić information content (AvgIpc) is 2.86. The van der Waals surface area contributed by atoms with Gasteiger partial charge in [0, 0.05) is 18.8 Å². The third-order valence-corrected chi connectivity index (χ3v) is 3.42. The van der Waals surface area contributed by atoms with Crippen molar-refractivity contribution in [2.75, 3.05) is 0 Å². The second-order valence-corrected chi connectivity index (χ2v) is 6.00. The summed E-state index contributed by atoms with van der Waals surface area (Å²) < 4.78 is 1.98. The molecule has 1 aromatic heterocycles. The monoisotopic (exact) mass is 271 g/mol. The van der Waals surface area contributed by atoms with Crippen LogP contribution < -0.4 is 5.32 Å². The van der Waals surface area contributed by atoms with E-state index in [2.05, 4.69) is 69.3 Å². The third-order valence-electron chi connectivity index (χ3n) is 3.42. The van der Waals surface area contributed by atoms with Gasteiger partial charge in [0.25, 0.3) is 0 Å². The molecule has 0 saturated heterocycles. The van der Waals surface area contributed by atoms with Crippen molar-refractivity contribution < 1.29 is 0 Å². The highest BCUT2D eigenvalue weighted by atomic mass is 15.3. The second-order valence-electron chi connectivity index (χ2n) is 6.00. The molecule has 0 aliphatic heterocycles. The van der Waals surface area contributed by atoms with Crippen molar-refractivity contribution in [3.8, 4) is 5.69 Å². The van der Waals surface area contributed by atoms with E-state index in [4.69, 9.17) is 0 Å². The van der Waals surface area contributed by atoms with E-state index in [0.717, 1.165) is 17.9 Å². The highest BCUT2D eigenvalue weighted by Crippen LogP contribution is 2.18. The fourth-order valence-corrected chi connectivity index (χ4v) is 2.19. The predicted molar refractivity (Wildman–Crippen MR) is 84.4 cm³/mol. The molecule has 20 heavy (non-hydrogen) atoms. The van der Waals surface area contributed by atoms with Crippen molar-refractivity contribution in [3.63, 3.8) is 0 Å². The predicted octanol–water partition coefficient (Wildman–Crippen LogP) is 3.80. The first kappa shape index (κ1) is 14.8. The quantitative estimate of drug-likeness (QED) is 0.896. The summed E-state index contributed by atoms with van der Waals surface area (Å²) in [6.45, 7) is 11.7. The maximum Gasteiger partial charge on any atom is 0.0675 e. The van der Waals surface area contributed by atoms with Crippen LogP contribution in [0.4, 0.5) is 0 Å². The first-order chi connectivity index (χ1) is 9.47. The first-order valence-corrected chi connectivity index (χ1v) is 7.36. The molecule has 2 rings (SSSR count). The molecule has 0 spiro atoms. The zero-order valence-corrected chi connectivity index (χ0v) is 13.1. The van der Waals surface area contributed by atoms with Crippen molar-refractivity contribution >= 4 is 0 Å². The minimum absolute atomic E-state index is 0.464. The molecule has 0 radical (unpaired) electrons. The van der Waals surface area contributed by atoms with Crippen LogP contribution in [0.25, 0.3) is 5.69 Å². The fraction of sp³-hybridized carbons (Fsp3) is 0.471. The van der Waals surface area contributed by atoms with Gasteiger partial charge in [-0.1, -0.05) is 39.8 Å². The SMILES string of the molecule is Cc1cc(CNC(C)C)ccc1-n1ccc(C(C)C)n1. The summed E-state index contributed by atoms with van der Waals surface area (Å²) in [7, 11) is 0. The Kier molecular flexibility index (Phi) is 4.61. The minimum Gasteiger partial charge on any atom is -0.310 e. The molecular formula is C17H25N3. The number of rotatable bonds is 5. The Hall–Kier alpha value is -1.61. The van der Waals surface area contributed by atoms with E-state index >= 15 is 0 Å². The number of hydrogen-bond acceptors (Lipinski definition) is 2. The van der Waals surface area contributed by atoms with Crippen LogP contribution in [-0.2, 0) is 6.54 Å². The van der Waals surface area contributed by atoms with Crippen LogP contribution in [0.3, 0.4) is 0 Å². The van der Waals surface area contributed by atoms with Gasteiger partial charge in [-0.05, 0) is 36.1 Å². The number of nitrogens with one attached hydrogen (secondary N) is 1. The number of aromatic nitrogens is 2. The molecule has 3 nitrogen and oxygen atoms in total. The van der Waals surface area contributed by atoms with Gasteiger partial charge in [0.05, 0.1) is 11.4 Å². The zero-order valence-electron chi connectivity index (χ0n) is 13.1. The molecule has 1 aromatic carbocycles. The minimum atomic E-state index is 0.464. The van der Waals surface area contributed by atoms with Crippen LogP contribution >= 0.6 is 0 Å². The van der Waals surface area contributed by atoms with Crippen LogP contribution in [0, 0.1) is 6.92 Å². The molecular weight excluding hydrogens is 246 g/mol. The summed E-state index contributed by atoms with van der Waals surface area (Å²) in [6, 6.07) is 9.17. The van der Waals surface area contributed by atoms with Gasteiger partial charge in [0.2, 0.25) is 0 Å². The topological polar surface area (TPSA) is 29.9 Å². The third kappa shape index (κ3) is 3.48. The highest BCUT2D eigenvalue weighted by Gasteiger charge is 2.07. The van der Waals surface area contributed by atoms with Gasteiger partial charge in [0.15, 0.2) is 0 Å². The molecule has 1 N–H and O–H groups in total. The van der Waals surface area contributed by atoms with Crippen molar-refractivity contribution in [1.29, 1.82) is 0 Å². The summed E-state index contributed by atoms with van der Waals surface area (Å²) in [5.41, 5.74) is 4.86. The number of nitrogens with zero attached hydrogens (tertiary/aromatic N) is 2. The van der Waals surface area contributed by atoms with Crippen LogP contribution in [0.1, 0.15) is 50.4 Å². The molecule has 3 heteroatoms. The van der Waals surface area contributed by atoms with Gasteiger partial charge in [-0.15, -0.1) is 0 Å². The Morgan fingerprint density at radius 1 is 1.15 bits per heavy atom. The standard InChI is InChI=1S/C17H25N3/c1-12(2)16-8-9-20(19-16)17-7-6-15(10-14(17)5)11-18-13(3)4/h6-10,12-13,18H,11H2,1-5H3. The smallest absolute Gasteiger partial charge is 0.0675 e. The van der Waals surface area contributed by atoms with Crippen LogP contribution in [-0.4, -0.2) is 15.8 Å². The molecule has 0 aliphatic carbocycles. The number of hydrogen-bond donors (Lipinski definition) is 1. The summed E-state index contributed by atoms with van der Waals surface area (Å²) >= 11 is 0. The normalized spacial score (nSPS) is 11.6. The van der Waals surface area contributed by atoms with Crippen LogP contribution in [0.15, 0.2) is 30.5 Å². The number of aryl methyl sites for hydroxylation is 1. The van der Waals surface area contributed by atoms with E-state index in [1.54, 1.807) is 0 Å². The molecule has 0 atom stereocenters. The Morgan fingerprint density at radius 3 is 2.45 bits per heavy atom. The van der Waals surface area contributed by atoms with E-state index in [1.165, 1.54) is 11.1 Å². The Labute approximate surface area is 122 Å². The molecule has 2 aromatic rings. The summed E-state index contributed by atoms with van der Waals surface area (Å²) in [5.74, 6) is 0.464. The summed E-state index contributed by atoms with van der Waals surface area (Å²) in [4.78, 5) is 0. The van der Waals surface area contributed by atoms with E-state index < -0.39 is 0 Å². The number of benzene rings is 1. The van der Waals surface area contributed by atoms with E-state index in [1.807, 2.05) is 10.9 Å². The lowest BCUT2D eigenvalue weighted by Gasteiger charge is -2.11. The fourth-order valence-electron chi connectivity index (χ4n) is 2.19. The Morgan fingerprint density at radius 2 is 1.90 bits per heavy atom. The molecule has 0 aliphatic rings. The molecule has 0 bridgehead atoms. The van der Waals surface area contributed by atoms with E-state index in [0.29, 0.717) is 12.0 Å². The molecule has 0 amide bonds. The van der Waals surface area contributed by atoms with Crippen molar-refractivity contribution in [2.45, 2.75) is 53.1 Å². The highest BCUT2D eigenvalue weighted by molar-refractivity contribution is 5.42. The van der Waals surface area contributed by atoms with Crippen molar-refractivity contribution in [3.05, 3.63) is 47.3 Å². The Bertz CT molecular complexity index is 567. The van der Waals surface area contributed by atoms with Crippen molar-refractivity contribution in [1.82, 2.24) is 15.1 Å². The summed E-state index contributed by atoms with van der Waals surface area (Å²) in [5, 5.41) is 8.09. The average molecular weight is 271 g/mol. The molecule has 1 heterocycles. The second kappa shape index (κ2) is 6.23. The lowest BCUT2D eigenvalue weighted by molar-refractivity contribution is 0.588. The van der Waals surface area contributed by atoms with Gasteiger partial charge in [-0.25, -0.2) is 4.68 Å². The lowest BCUT2D eigenvalue weighted by atomic mass is 10.1. The molecule has 108 valence electrons. The van der Waals surface area contributed by atoms with Gasteiger partial charge in [0.1, 0.15) is 0 Å². The van der Waals surface area contributed by atoms with Gasteiger partial charge < -0.3 is 5.32 Å². The summed E-state index contributed by atoms with van der Waals surface area (Å²) in [6.07, 6.45) is 2.05. The maximum atomic E-state index is 4.65. The van der Waals surface area contributed by atoms with Crippen molar-refractivity contribution in [2.24, 2.45) is 0 Å². The lowest BCUT2D eigenvalue weighted by Crippen LogP contribution is -2.21. The first-order valence-electron chi connectivity index (χ1n) is 7.36. The Balaban J connectivity index is 2.20. The van der Waals surface area contributed by atoms with Gasteiger partial charge in [-0.2, -0.15) is 5.10 Å². The molecule has 0 unspecified atom stereocenters. The van der Waals surface area contributed by atoms with Crippen LogP contribution in [0.2, 0.25) is 0 Å². The molecule has 0 saturated carbocycles. The van der Waals surface area contributed by atoms with Crippen LogP contribution in [0.5, 0.6) is 0 Å².